The fourth-order valence-electron chi connectivity index (χ4n) is 1.69. The van der Waals surface area contributed by atoms with Gasteiger partial charge in [-0.3, -0.25) is 0 Å². The number of esters is 1. The summed E-state index contributed by atoms with van der Waals surface area (Å²) in [6.45, 7) is 1.49. The van der Waals surface area contributed by atoms with E-state index < -0.39 is 17.7 Å². The molecule has 1 aromatic rings. The maximum atomic E-state index is 12.7. The lowest BCUT2D eigenvalue weighted by molar-refractivity contribution is -0.138. The Morgan fingerprint density at radius 2 is 2.06 bits per heavy atom. The zero-order chi connectivity index (χ0) is 13.9. The molecule has 0 aliphatic carbocycles. The molecule has 0 unspecified atom stereocenters. The van der Waals surface area contributed by atoms with Crippen LogP contribution in [-0.4, -0.2) is 13.1 Å². The molecule has 0 fully saturated rings. The van der Waals surface area contributed by atoms with E-state index in [4.69, 9.17) is 5.26 Å². The van der Waals surface area contributed by atoms with Crippen LogP contribution < -0.4 is 0 Å². The summed E-state index contributed by atoms with van der Waals surface area (Å²) in [7, 11) is 1.10. The molecule has 0 N–H and O–H groups in total. The van der Waals surface area contributed by atoms with E-state index in [0.29, 0.717) is 0 Å². The topological polar surface area (TPSA) is 50.1 Å². The van der Waals surface area contributed by atoms with Gasteiger partial charge in [-0.05, 0) is 24.1 Å². The van der Waals surface area contributed by atoms with Crippen LogP contribution in [0.4, 0.5) is 13.2 Å². The average Bonchev–Trinajstić information content (AvgIpc) is 2.34. The summed E-state index contributed by atoms with van der Waals surface area (Å²) in [6, 6.07) is 3.40. The van der Waals surface area contributed by atoms with Crippen molar-refractivity contribution in [2.75, 3.05) is 7.11 Å². The van der Waals surface area contributed by atoms with Gasteiger partial charge in [0.25, 0.3) is 0 Å². The summed E-state index contributed by atoms with van der Waals surface area (Å²) >= 11 is 0. The minimum Gasteiger partial charge on any atom is -0.465 e. The van der Waals surface area contributed by atoms with Gasteiger partial charge in [0.05, 0.1) is 23.8 Å². The molecule has 0 aliphatic rings. The van der Waals surface area contributed by atoms with Crippen LogP contribution >= 0.6 is 0 Å². The second-order valence-electron chi connectivity index (χ2n) is 3.47. The van der Waals surface area contributed by atoms with Crippen LogP contribution in [0.3, 0.4) is 0 Å². The molecule has 0 spiro atoms. The highest BCUT2D eigenvalue weighted by molar-refractivity contribution is 5.92. The largest absolute Gasteiger partial charge is 0.465 e. The van der Waals surface area contributed by atoms with Crippen molar-refractivity contribution in [2.24, 2.45) is 0 Å². The number of carbonyl (C=O) groups excluding carboxylic acids is 1. The number of hydrogen-bond donors (Lipinski definition) is 0. The lowest BCUT2D eigenvalue weighted by Gasteiger charge is -2.14. The Bertz CT molecular complexity index is 515. The molecule has 0 saturated heterocycles. The molecule has 0 amide bonds. The Kier molecular flexibility index (Phi) is 3.96. The highest BCUT2D eigenvalue weighted by Crippen LogP contribution is 2.34. The molecule has 18 heavy (non-hydrogen) atoms. The molecule has 0 bridgehead atoms. The molecule has 0 heterocycles. The summed E-state index contributed by atoms with van der Waals surface area (Å²) in [4.78, 5) is 11.4. The van der Waals surface area contributed by atoms with Gasteiger partial charge in [-0.1, -0.05) is 6.92 Å². The first kappa shape index (κ1) is 14.0. The molecule has 3 nitrogen and oxygen atoms in total. The van der Waals surface area contributed by atoms with Crippen molar-refractivity contribution in [3.05, 3.63) is 34.4 Å². The summed E-state index contributed by atoms with van der Waals surface area (Å²) in [5.74, 6) is -0.824. The number of ether oxygens (including phenoxy) is 1. The summed E-state index contributed by atoms with van der Waals surface area (Å²) in [5.41, 5.74) is -1.51. The van der Waals surface area contributed by atoms with Crippen LogP contribution in [0.25, 0.3) is 0 Å². The number of carbonyl (C=O) groups is 1. The van der Waals surface area contributed by atoms with Gasteiger partial charge in [-0.25, -0.2) is 4.79 Å². The number of nitriles is 1. The van der Waals surface area contributed by atoms with E-state index in [0.717, 1.165) is 19.2 Å². The lowest BCUT2D eigenvalue weighted by Crippen LogP contribution is -2.14. The van der Waals surface area contributed by atoms with E-state index in [1.165, 1.54) is 6.92 Å². The van der Waals surface area contributed by atoms with Crippen molar-refractivity contribution in [1.82, 2.24) is 0 Å². The molecule has 1 rings (SSSR count). The molecule has 1 aromatic carbocycles. The SMILES string of the molecule is CCc1c(C(F)(F)F)ccc(C(=O)OC)c1C#N. The fraction of sp³-hybridized carbons (Fsp3) is 0.333. The molecule has 0 saturated carbocycles. The van der Waals surface area contributed by atoms with E-state index >= 15 is 0 Å². The maximum Gasteiger partial charge on any atom is 0.416 e. The van der Waals surface area contributed by atoms with Gasteiger partial charge in [-0.15, -0.1) is 0 Å². The van der Waals surface area contributed by atoms with Gasteiger partial charge in [-0.2, -0.15) is 18.4 Å². The first-order chi connectivity index (χ1) is 8.36. The summed E-state index contributed by atoms with van der Waals surface area (Å²) < 4.78 is 42.7. The summed E-state index contributed by atoms with van der Waals surface area (Å²) in [6.07, 6.45) is -4.55. The minimum atomic E-state index is -4.55. The molecule has 96 valence electrons. The predicted octanol–water partition coefficient (Wildman–Crippen LogP) is 2.93. The van der Waals surface area contributed by atoms with Gasteiger partial charge >= 0.3 is 12.1 Å². The number of methoxy groups -OCH3 is 1. The van der Waals surface area contributed by atoms with E-state index in [1.807, 2.05) is 0 Å². The third kappa shape index (κ3) is 2.45. The van der Waals surface area contributed by atoms with Crippen molar-refractivity contribution in [3.8, 4) is 6.07 Å². The standard InChI is InChI=1S/C12H10F3NO2/c1-3-7-9(6-16)8(11(17)18-2)4-5-10(7)12(13,14)15/h4-5H,3H2,1-2H3. The van der Waals surface area contributed by atoms with Crippen molar-refractivity contribution in [2.45, 2.75) is 19.5 Å². The van der Waals surface area contributed by atoms with Crippen LogP contribution in [0.1, 0.15) is 34.0 Å². The second-order valence-corrected chi connectivity index (χ2v) is 3.47. The van der Waals surface area contributed by atoms with Crippen molar-refractivity contribution in [3.63, 3.8) is 0 Å². The van der Waals surface area contributed by atoms with Crippen LogP contribution in [0, 0.1) is 11.3 Å². The summed E-state index contributed by atoms with van der Waals surface area (Å²) in [5, 5.41) is 8.94. The quantitative estimate of drug-likeness (QED) is 0.765. The number of rotatable bonds is 2. The third-order valence-corrected chi connectivity index (χ3v) is 2.49. The average molecular weight is 257 g/mol. The Morgan fingerprint density at radius 3 is 2.44 bits per heavy atom. The number of hydrogen-bond acceptors (Lipinski definition) is 3. The van der Waals surface area contributed by atoms with E-state index in [2.05, 4.69) is 4.74 Å². The lowest BCUT2D eigenvalue weighted by atomic mass is 9.94. The molecule has 0 radical (unpaired) electrons. The minimum absolute atomic E-state index is 0.00255. The van der Waals surface area contributed by atoms with Crippen molar-refractivity contribution >= 4 is 5.97 Å². The zero-order valence-corrected chi connectivity index (χ0v) is 9.76. The van der Waals surface area contributed by atoms with E-state index in [1.54, 1.807) is 6.07 Å². The number of benzene rings is 1. The molecule has 0 aliphatic heterocycles. The van der Waals surface area contributed by atoms with Crippen LogP contribution in [-0.2, 0) is 17.3 Å². The van der Waals surface area contributed by atoms with Gasteiger partial charge in [0.2, 0.25) is 0 Å². The molecule has 6 heteroatoms. The molecular formula is C12H10F3NO2. The number of nitrogens with zero attached hydrogens (tertiary/aromatic N) is 1. The zero-order valence-electron chi connectivity index (χ0n) is 9.76. The van der Waals surface area contributed by atoms with Crippen molar-refractivity contribution < 1.29 is 22.7 Å². The normalized spacial score (nSPS) is 10.9. The van der Waals surface area contributed by atoms with E-state index in [9.17, 15) is 18.0 Å². The molecular weight excluding hydrogens is 247 g/mol. The maximum absolute atomic E-state index is 12.7. The van der Waals surface area contributed by atoms with Crippen LogP contribution in [0.2, 0.25) is 0 Å². The third-order valence-electron chi connectivity index (χ3n) is 2.49. The van der Waals surface area contributed by atoms with Gasteiger partial charge in [0.15, 0.2) is 0 Å². The highest BCUT2D eigenvalue weighted by Gasteiger charge is 2.35. The second kappa shape index (κ2) is 5.08. The highest BCUT2D eigenvalue weighted by atomic mass is 19.4. The Labute approximate surface area is 102 Å². The first-order valence-corrected chi connectivity index (χ1v) is 5.08. The molecule has 0 atom stereocenters. The Hall–Kier alpha value is -2.03. The van der Waals surface area contributed by atoms with Gasteiger partial charge < -0.3 is 4.74 Å². The van der Waals surface area contributed by atoms with Crippen LogP contribution in [0.5, 0.6) is 0 Å². The van der Waals surface area contributed by atoms with Gasteiger partial charge in [0, 0.05) is 0 Å². The number of halogens is 3. The Morgan fingerprint density at radius 1 is 1.44 bits per heavy atom. The monoisotopic (exact) mass is 257 g/mol. The predicted molar refractivity (Wildman–Crippen MR) is 56.9 cm³/mol. The first-order valence-electron chi connectivity index (χ1n) is 5.08. The number of alkyl halides is 3. The van der Waals surface area contributed by atoms with Crippen molar-refractivity contribution in [1.29, 1.82) is 5.26 Å². The molecule has 0 aromatic heterocycles. The fourth-order valence-corrected chi connectivity index (χ4v) is 1.69. The van der Waals surface area contributed by atoms with Crippen LogP contribution in [0.15, 0.2) is 12.1 Å². The smallest absolute Gasteiger partial charge is 0.416 e. The van der Waals surface area contributed by atoms with Gasteiger partial charge in [0.1, 0.15) is 6.07 Å². The Balaban J connectivity index is 3.58. The van der Waals surface area contributed by atoms with E-state index in [-0.39, 0.29) is 23.1 Å².